The molecule has 1 amide bonds. The number of rotatable bonds is 8. The van der Waals surface area contributed by atoms with E-state index in [1.165, 1.54) is 16.6 Å². The van der Waals surface area contributed by atoms with Gasteiger partial charge in [0.15, 0.2) is 0 Å². The molecule has 2 fully saturated rings. The number of aryl methyl sites for hydroxylation is 2. The van der Waals surface area contributed by atoms with Crippen LogP contribution in [0.3, 0.4) is 0 Å². The number of hydrogen-bond acceptors (Lipinski definition) is 6. The average Bonchev–Trinajstić information content (AvgIpc) is 3.58. The molecule has 0 N–H and O–H groups in total. The van der Waals surface area contributed by atoms with E-state index in [0.29, 0.717) is 48.5 Å². The first-order valence-corrected chi connectivity index (χ1v) is 15.0. The minimum absolute atomic E-state index is 0.0642. The number of nitrogens with zero attached hydrogens (tertiary/aromatic N) is 3. The van der Waals surface area contributed by atoms with Crippen molar-refractivity contribution in [2.24, 2.45) is 0 Å². The maximum absolute atomic E-state index is 13.4. The lowest BCUT2D eigenvalue weighted by atomic mass is 10.0. The molecule has 0 bridgehead atoms. The first kappa shape index (κ1) is 28.2. The van der Waals surface area contributed by atoms with Gasteiger partial charge in [0.1, 0.15) is 18.0 Å². The van der Waals surface area contributed by atoms with E-state index in [2.05, 4.69) is 4.98 Å². The summed E-state index contributed by atoms with van der Waals surface area (Å²) >= 11 is 0. The van der Waals surface area contributed by atoms with Gasteiger partial charge in [-0.05, 0) is 67.6 Å². The van der Waals surface area contributed by atoms with E-state index >= 15 is 0 Å². The van der Waals surface area contributed by atoms with Gasteiger partial charge in [0.25, 0.3) is 5.91 Å². The number of benzene rings is 2. The zero-order chi connectivity index (χ0) is 28.4. The maximum Gasteiger partial charge on any atom is 0.254 e. The summed E-state index contributed by atoms with van der Waals surface area (Å²) in [5.74, 6) is -0.332. The second-order valence-corrected chi connectivity index (χ2v) is 12.5. The molecule has 212 valence electrons. The Kier molecular flexibility index (Phi) is 8.21. The number of aromatic nitrogens is 1. The topological polar surface area (TPSA) is 89.0 Å². The summed E-state index contributed by atoms with van der Waals surface area (Å²) in [6, 6.07) is 15.3. The first-order chi connectivity index (χ1) is 19.1. The Balaban J connectivity index is 1.28. The third-order valence-electron chi connectivity index (χ3n) is 7.66. The van der Waals surface area contributed by atoms with Crippen molar-refractivity contribution in [3.8, 4) is 5.75 Å². The molecule has 3 atom stereocenters. The van der Waals surface area contributed by atoms with E-state index in [1.807, 2.05) is 32.0 Å². The molecule has 2 aliphatic heterocycles. The number of likely N-dealkylation sites (tertiary alicyclic amines) is 1. The number of methoxy groups -OCH3 is 1. The Morgan fingerprint density at radius 3 is 2.62 bits per heavy atom. The molecule has 1 aromatic heterocycles. The molecule has 10 heteroatoms. The molecule has 5 rings (SSSR count). The van der Waals surface area contributed by atoms with Crippen LogP contribution in [-0.2, 0) is 20.5 Å². The van der Waals surface area contributed by atoms with E-state index in [-0.39, 0.29) is 23.8 Å². The van der Waals surface area contributed by atoms with Crippen LogP contribution in [0, 0.1) is 19.8 Å². The third-order valence-corrected chi connectivity index (χ3v) is 9.51. The fraction of sp³-hybridized carbons (Fsp3) is 0.400. The van der Waals surface area contributed by atoms with Crippen molar-refractivity contribution >= 4 is 15.9 Å². The number of pyridine rings is 1. The van der Waals surface area contributed by atoms with E-state index in [9.17, 15) is 17.6 Å². The van der Waals surface area contributed by atoms with Gasteiger partial charge in [-0.25, -0.2) is 13.4 Å². The number of amides is 1. The fourth-order valence-electron chi connectivity index (χ4n) is 5.55. The molecule has 2 saturated heterocycles. The summed E-state index contributed by atoms with van der Waals surface area (Å²) in [4.78, 5) is 18.7. The number of carbonyl (C=O) groups is 1. The van der Waals surface area contributed by atoms with Crippen LogP contribution in [0.2, 0.25) is 0 Å². The lowest BCUT2D eigenvalue weighted by molar-refractivity contribution is 0.0339. The van der Waals surface area contributed by atoms with E-state index in [0.717, 1.165) is 17.5 Å². The molecule has 3 unspecified atom stereocenters. The second kappa shape index (κ2) is 11.6. The van der Waals surface area contributed by atoms with Gasteiger partial charge < -0.3 is 14.4 Å². The van der Waals surface area contributed by atoms with Gasteiger partial charge in [0.2, 0.25) is 16.0 Å². The molecule has 0 saturated carbocycles. The van der Waals surface area contributed by atoms with Crippen molar-refractivity contribution in [3.05, 3.63) is 94.6 Å². The molecule has 0 aliphatic carbocycles. The van der Waals surface area contributed by atoms with E-state index in [4.69, 9.17) is 9.47 Å². The molecule has 3 aromatic rings. The lowest BCUT2D eigenvalue weighted by Crippen LogP contribution is -2.32. The van der Waals surface area contributed by atoms with Gasteiger partial charge in [-0.15, -0.1) is 0 Å². The number of hydrogen-bond donors (Lipinski definition) is 0. The normalized spacial score (nSPS) is 21.6. The predicted molar refractivity (Wildman–Crippen MR) is 149 cm³/mol. The second-order valence-electron chi connectivity index (χ2n) is 10.5. The molecule has 2 aromatic carbocycles. The highest BCUT2D eigenvalue weighted by Crippen LogP contribution is 2.35. The van der Waals surface area contributed by atoms with Crippen molar-refractivity contribution in [3.63, 3.8) is 0 Å². The first-order valence-electron chi connectivity index (χ1n) is 13.4. The van der Waals surface area contributed by atoms with Crippen LogP contribution in [0.1, 0.15) is 51.5 Å². The van der Waals surface area contributed by atoms with Crippen LogP contribution < -0.4 is 4.74 Å². The smallest absolute Gasteiger partial charge is 0.254 e. The van der Waals surface area contributed by atoms with Crippen LogP contribution in [-0.4, -0.2) is 67.5 Å². The summed E-state index contributed by atoms with van der Waals surface area (Å²) in [6.07, 6.45) is 2.07. The summed E-state index contributed by atoms with van der Waals surface area (Å²) in [7, 11) is -2.06. The van der Waals surface area contributed by atoms with Gasteiger partial charge in [0.05, 0.1) is 24.9 Å². The molecule has 2 aliphatic rings. The molecule has 0 radical (unpaired) electrons. The predicted octanol–water partition coefficient (Wildman–Crippen LogP) is 4.42. The Morgan fingerprint density at radius 1 is 1.07 bits per heavy atom. The largest absolute Gasteiger partial charge is 0.486 e. The van der Waals surface area contributed by atoms with Crippen molar-refractivity contribution in [2.75, 3.05) is 26.7 Å². The monoisotopic (exact) mass is 567 g/mol. The Morgan fingerprint density at radius 2 is 1.88 bits per heavy atom. The van der Waals surface area contributed by atoms with Crippen LogP contribution >= 0.6 is 0 Å². The van der Waals surface area contributed by atoms with Gasteiger partial charge in [-0.2, -0.15) is 8.70 Å². The SMILES string of the molecule is COC1CN(C(=O)c2cc(C)ccc2C)CC1Oc1cccc(CS(=O)(=O)N2CCCC2c2ccc(F)nc2)c1. The highest BCUT2D eigenvalue weighted by molar-refractivity contribution is 7.88. The number of halogens is 1. The lowest BCUT2D eigenvalue weighted by Gasteiger charge is -2.24. The molecule has 0 spiro atoms. The van der Waals surface area contributed by atoms with Crippen molar-refractivity contribution < 1.29 is 27.1 Å². The van der Waals surface area contributed by atoms with Crippen molar-refractivity contribution in [1.82, 2.24) is 14.2 Å². The van der Waals surface area contributed by atoms with Crippen molar-refractivity contribution in [1.29, 1.82) is 0 Å². The van der Waals surface area contributed by atoms with Crippen molar-refractivity contribution in [2.45, 2.75) is 50.7 Å². The number of carbonyl (C=O) groups excluding carboxylic acids is 1. The zero-order valence-electron chi connectivity index (χ0n) is 22.9. The number of ether oxygens (including phenoxy) is 2. The van der Waals surface area contributed by atoms with Gasteiger partial charge in [-0.3, -0.25) is 4.79 Å². The van der Waals surface area contributed by atoms with Crippen LogP contribution in [0.5, 0.6) is 5.75 Å². The Hall–Kier alpha value is -3.34. The van der Waals surface area contributed by atoms with Gasteiger partial charge in [-0.1, -0.05) is 35.9 Å². The van der Waals surface area contributed by atoms with Crippen LogP contribution in [0.25, 0.3) is 0 Å². The van der Waals surface area contributed by atoms with Gasteiger partial charge in [0, 0.05) is 25.4 Å². The summed E-state index contributed by atoms with van der Waals surface area (Å²) < 4.78 is 53.6. The Labute approximate surface area is 234 Å². The molecule has 40 heavy (non-hydrogen) atoms. The quantitative estimate of drug-likeness (QED) is 0.375. The molecular formula is C30H34FN3O5S. The molecular weight excluding hydrogens is 533 g/mol. The van der Waals surface area contributed by atoms with Crippen LogP contribution in [0.15, 0.2) is 60.8 Å². The highest BCUT2D eigenvalue weighted by Gasteiger charge is 2.38. The summed E-state index contributed by atoms with van der Waals surface area (Å²) in [5.41, 5.74) is 3.88. The Bertz CT molecular complexity index is 1480. The minimum atomic E-state index is -3.66. The summed E-state index contributed by atoms with van der Waals surface area (Å²) in [6.45, 7) is 5.04. The van der Waals surface area contributed by atoms with Gasteiger partial charge >= 0.3 is 0 Å². The number of sulfonamides is 1. The minimum Gasteiger partial charge on any atom is -0.486 e. The van der Waals surface area contributed by atoms with E-state index in [1.54, 1.807) is 42.3 Å². The third kappa shape index (κ3) is 6.04. The van der Waals surface area contributed by atoms with Crippen LogP contribution in [0.4, 0.5) is 4.39 Å². The highest BCUT2D eigenvalue weighted by atomic mass is 32.2. The maximum atomic E-state index is 13.4. The zero-order valence-corrected chi connectivity index (χ0v) is 23.7. The molecule has 3 heterocycles. The van der Waals surface area contributed by atoms with E-state index < -0.39 is 22.1 Å². The summed E-state index contributed by atoms with van der Waals surface area (Å²) in [5, 5.41) is 0. The average molecular weight is 568 g/mol. The molecule has 8 nitrogen and oxygen atoms in total. The standard InChI is InChI=1S/C30H34FN3O5S/c1-20-9-10-21(2)25(14-20)30(35)33-17-27(38-3)28(18-33)39-24-7-4-6-22(15-24)19-40(36,37)34-13-5-8-26(34)23-11-12-29(31)32-16-23/h4,6-7,9-12,14-16,26-28H,5,8,13,17-19H2,1-3H3. The fourth-order valence-corrected chi connectivity index (χ4v) is 7.34.